The van der Waals surface area contributed by atoms with E-state index in [-0.39, 0.29) is 36.6 Å². The van der Waals surface area contributed by atoms with Crippen molar-refractivity contribution in [2.45, 2.75) is 32.1 Å². The van der Waals surface area contributed by atoms with Crippen LogP contribution >= 0.6 is 28.3 Å². The summed E-state index contributed by atoms with van der Waals surface area (Å²) in [7, 11) is 0. The molecular formula is C15H22BrClN2O3. The maximum Gasteiger partial charge on any atom is 0.239 e. The normalized spacial score (nSPS) is 22.3. The first-order valence-electron chi connectivity index (χ1n) is 7.11. The number of hydrogen-bond donors (Lipinski definition) is 2. The van der Waals surface area contributed by atoms with E-state index in [1.165, 1.54) is 0 Å². The molecule has 22 heavy (non-hydrogen) atoms. The molecule has 2 rings (SSSR count). The first kappa shape index (κ1) is 19.2. The minimum absolute atomic E-state index is 0. The van der Waals surface area contributed by atoms with Gasteiger partial charge in [-0.15, -0.1) is 12.4 Å². The van der Waals surface area contributed by atoms with E-state index in [9.17, 15) is 4.79 Å². The molecule has 1 aromatic carbocycles. The summed E-state index contributed by atoms with van der Waals surface area (Å²) in [4.78, 5) is 12.1. The van der Waals surface area contributed by atoms with Gasteiger partial charge in [0.15, 0.2) is 0 Å². The molecule has 1 amide bonds. The van der Waals surface area contributed by atoms with Crippen molar-refractivity contribution in [3.05, 3.63) is 28.7 Å². The zero-order valence-corrected chi connectivity index (χ0v) is 15.1. The quantitative estimate of drug-likeness (QED) is 0.804. The highest BCUT2D eigenvalue weighted by atomic mass is 79.9. The molecule has 1 unspecified atom stereocenters. The molecule has 0 bridgehead atoms. The van der Waals surface area contributed by atoms with Gasteiger partial charge in [0.05, 0.1) is 19.3 Å². The number of carbonyl (C=O) groups excluding carboxylic acids is 1. The first-order chi connectivity index (χ1) is 10.1. The molecule has 1 aliphatic heterocycles. The van der Waals surface area contributed by atoms with Gasteiger partial charge < -0.3 is 20.1 Å². The highest BCUT2D eigenvalue weighted by molar-refractivity contribution is 9.10. The number of hydrogen-bond acceptors (Lipinski definition) is 4. The van der Waals surface area contributed by atoms with E-state index in [0.29, 0.717) is 19.7 Å². The van der Waals surface area contributed by atoms with Crippen LogP contribution in [0.2, 0.25) is 0 Å². The van der Waals surface area contributed by atoms with E-state index >= 15 is 0 Å². The van der Waals surface area contributed by atoms with Crippen molar-refractivity contribution in [3.8, 4) is 5.75 Å². The average Bonchev–Trinajstić information content (AvgIpc) is 2.45. The molecule has 1 aliphatic rings. The standard InChI is InChI=1S/C15H21BrN2O3.ClH/c1-10(21-13-5-3-4-12(16)8-13)9-18-15(19)14-11(2)20-7-6-17-14;/h3-5,8,10-11,14,17H,6-7,9H2,1-2H3,(H,18,19);1H/t10?,11-,14+;/m1./s1. The monoisotopic (exact) mass is 392 g/mol. The van der Waals surface area contributed by atoms with Crippen LogP contribution in [0, 0.1) is 0 Å². The summed E-state index contributed by atoms with van der Waals surface area (Å²) in [5.41, 5.74) is 0. The van der Waals surface area contributed by atoms with Gasteiger partial charge in [0, 0.05) is 11.0 Å². The number of morpholine rings is 1. The number of rotatable bonds is 5. The van der Waals surface area contributed by atoms with Gasteiger partial charge in [-0.25, -0.2) is 0 Å². The number of carbonyl (C=O) groups is 1. The lowest BCUT2D eigenvalue weighted by molar-refractivity contribution is -0.129. The Morgan fingerprint density at radius 2 is 2.36 bits per heavy atom. The Morgan fingerprint density at radius 1 is 1.59 bits per heavy atom. The molecule has 0 saturated carbocycles. The summed E-state index contributed by atoms with van der Waals surface area (Å²) in [6.07, 6.45) is -0.219. The second kappa shape index (κ2) is 9.35. The summed E-state index contributed by atoms with van der Waals surface area (Å²) in [5, 5.41) is 6.06. The lowest BCUT2D eigenvalue weighted by Gasteiger charge is -2.29. The van der Waals surface area contributed by atoms with Gasteiger partial charge in [-0.1, -0.05) is 22.0 Å². The molecule has 0 aromatic heterocycles. The van der Waals surface area contributed by atoms with Gasteiger partial charge >= 0.3 is 0 Å². The fourth-order valence-corrected chi connectivity index (χ4v) is 2.57. The van der Waals surface area contributed by atoms with Crippen LogP contribution in [0.15, 0.2) is 28.7 Å². The summed E-state index contributed by atoms with van der Waals surface area (Å²) in [6, 6.07) is 7.35. The van der Waals surface area contributed by atoms with Crippen LogP contribution in [0.3, 0.4) is 0 Å². The topological polar surface area (TPSA) is 59.6 Å². The Balaban J connectivity index is 0.00000242. The third kappa shape index (κ3) is 5.76. The smallest absolute Gasteiger partial charge is 0.239 e. The van der Waals surface area contributed by atoms with Crippen molar-refractivity contribution >= 4 is 34.2 Å². The maximum atomic E-state index is 12.1. The Hall–Kier alpha value is -0.820. The van der Waals surface area contributed by atoms with Crippen LogP contribution in [0.25, 0.3) is 0 Å². The molecule has 0 aliphatic carbocycles. The molecule has 3 atom stereocenters. The fraction of sp³-hybridized carbons (Fsp3) is 0.533. The van der Waals surface area contributed by atoms with Gasteiger partial charge in [-0.3, -0.25) is 4.79 Å². The van der Waals surface area contributed by atoms with Crippen molar-refractivity contribution < 1.29 is 14.3 Å². The van der Waals surface area contributed by atoms with E-state index in [1.54, 1.807) is 0 Å². The molecule has 2 N–H and O–H groups in total. The molecule has 1 heterocycles. The molecule has 0 spiro atoms. The lowest BCUT2D eigenvalue weighted by atomic mass is 10.1. The van der Waals surface area contributed by atoms with Crippen LogP contribution in [-0.4, -0.2) is 43.9 Å². The number of nitrogens with one attached hydrogen (secondary N) is 2. The largest absolute Gasteiger partial charge is 0.489 e. The molecule has 0 radical (unpaired) electrons. The molecular weight excluding hydrogens is 372 g/mol. The highest BCUT2D eigenvalue weighted by Gasteiger charge is 2.28. The molecule has 1 fully saturated rings. The Morgan fingerprint density at radius 3 is 3.05 bits per heavy atom. The van der Waals surface area contributed by atoms with Gasteiger partial charge in [0.25, 0.3) is 0 Å². The number of amides is 1. The zero-order valence-electron chi connectivity index (χ0n) is 12.7. The predicted molar refractivity (Wildman–Crippen MR) is 91.7 cm³/mol. The number of benzene rings is 1. The van der Waals surface area contributed by atoms with E-state index in [2.05, 4.69) is 26.6 Å². The van der Waals surface area contributed by atoms with E-state index in [1.807, 2.05) is 38.1 Å². The van der Waals surface area contributed by atoms with Crippen LogP contribution in [0.1, 0.15) is 13.8 Å². The third-order valence-electron chi connectivity index (χ3n) is 3.30. The van der Waals surface area contributed by atoms with Crippen LogP contribution in [0.4, 0.5) is 0 Å². The van der Waals surface area contributed by atoms with Crippen molar-refractivity contribution in [2.75, 3.05) is 19.7 Å². The van der Waals surface area contributed by atoms with Crippen molar-refractivity contribution in [1.82, 2.24) is 10.6 Å². The van der Waals surface area contributed by atoms with Gasteiger partial charge in [-0.05, 0) is 32.0 Å². The zero-order chi connectivity index (χ0) is 15.2. The molecule has 124 valence electrons. The first-order valence-corrected chi connectivity index (χ1v) is 7.90. The van der Waals surface area contributed by atoms with Crippen molar-refractivity contribution in [2.24, 2.45) is 0 Å². The number of ether oxygens (including phenoxy) is 2. The SMILES string of the molecule is CC(CNC(=O)[C@H]1NCCO[C@@H]1C)Oc1cccc(Br)c1.Cl. The molecule has 7 heteroatoms. The molecule has 1 aromatic rings. The predicted octanol–water partition coefficient (Wildman–Crippen LogP) is 2.13. The molecule has 1 saturated heterocycles. The average molecular weight is 394 g/mol. The maximum absolute atomic E-state index is 12.1. The van der Waals surface area contributed by atoms with Crippen molar-refractivity contribution in [1.29, 1.82) is 0 Å². The van der Waals surface area contributed by atoms with Crippen LogP contribution in [0.5, 0.6) is 5.75 Å². The fourth-order valence-electron chi connectivity index (χ4n) is 2.20. The van der Waals surface area contributed by atoms with E-state index in [0.717, 1.165) is 10.2 Å². The second-order valence-corrected chi connectivity index (χ2v) is 6.05. The van der Waals surface area contributed by atoms with Crippen molar-refractivity contribution in [3.63, 3.8) is 0 Å². The van der Waals surface area contributed by atoms with E-state index in [4.69, 9.17) is 9.47 Å². The van der Waals surface area contributed by atoms with Gasteiger partial charge in [0.1, 0.15) is 17.9 Å². The second-order valence-electron chi connectivity index (χ2n) is 5.14. The summed E-state index contributed by atoms with van der Waals surface area (Å²) >= 11 is 3.40. The number of halogens is 2. The molecule has 5 nitrogen and oxygen atoms in total. The highest BCUT2D eigenvalue weighted by Crippen LogP contribution is 2.18. The van der Waals surface area contributed by atoms with Crippen LogP contribution in [-0.2, 0) is 9.53 Å². The Kier molecular flexibility index (Phi) is 8.17. The Labute approximate surface area is 145 Å². The third-order valence-corrected chi connectivity index (χ3v) is 3.79. The minimum atomic E-state index is -0.295. The lowest BCUT2D eigenvalue weighted by Crippen LogP contribution is -2.56. The van der Waals surface area contributed by atoms with Gasteiger partial charge in [0.2, 0.25) is 5.91 Å². The minimum Gasteiger partial charge on any atom is -0.489 e. The van der Waals surface area contributed by atoms with E-state index < -0.39 is 0 Å². The Bertz CT molecular complexity index is 490. The summed E-state index contributed by atoms with van der Waals surface area (Å²) in [6.45, 7) is 5.63. The van der Waals surface area contributed by atoms with Crippen LogP contribution < -0.4 is 15.4 Å². The van der Waals surface area contributed by atoms with Gasteiger partial charge in [-0.2, -0.15) is 0 Å². The summed E-state index contributed by atoms with van der Waals surface area (Å²) in [5.74, 6) is 0.727. The summed E-state index contributed by atoms with van der Waals surface area (Å²) < 4.78 is 12.2.